The fourth-order valence-electron chi connectivity index (χ4n) is 1.73. The predicted molar refractivity (Wildman–Crippen MR) is 65.0 cm³/mol. The SMILES string of the molecule is CC(C)CO[C@H]1O[C@H](CO)[C@H](O)[C@@H](OS(=O)(=O)O)[C@H]1O. The van der Waals surface area contributed by atoms with E-state index in [1.54, 1.807) is 0 Å². The summed E-state index contributed by atoms with van der Waals surface area (Å²) in [5.41, 5.74) is 0. The summed E-state index contributed by atoms with van der Waals surface area (Å²) in [5, 5.41) is 28.7. The summed E-state index contributed by atoms with van der Waals surface area (Å²) in [4.78, 5) is 0. The minimum atomic E-state index is -4.89. The van der Waals surface area contributed by atoms with E-state index in [9.17, 15) is 18.6 Å². The lowest BCUT2D eigenvalue weighted by molar-refractivity contribution is -0.298. The van der Waals surface area contributed by atoms with E-state index in [0.29, 0.717) is 0 Å². The molecule has 1 aliphatic heterocycles. The highest BCUT2D eigenvalue weighted by molar-refractivity contribution is 7.80. The fourth-order valence-corrected chi connectivity index (χ4v) is 2.24. The largest absolute Gasteiger partial charge is 0.397 e. The standard InChI is InChI=1S/C10H20O9S/c1-5(2)4-17-10-8(13)9(19-20(14,15)16)7(12)6(3-11)18-10/h5-13H,3-4H2,1-2H3,(H,14,15,16)/t6-,7+,8-,9-,10+/m1/s1. The van der Waals surface area contributed by atoms with Crippen molar-refractivity contribution in [2.24, 2.45) is 5.92 Å². The van der Waals surface area contributed by atoms with E-state index in [0.717, 1.165) is 0 Å². The zero-order chi connectivity index (χ0) is 15.5. The third-order valence-corrected chi connectivity index (χ3v) is 3.11. The number of ether oxygens (including phenoxy) is 2. The maximum Gasteiger partial charge on any atom is 0.397 e. The van der Waals surface area contributed by atoms with Crippen molar-refractivity contribution in [2.75, 3.05) is 13.2 Å². The lowest BCUT2D eigenvalue weighted by atomic mass is 9.99. The third-order valence-electron chi connectivity index (χ3n) is 2.65. The lowest BCUT2D eigenvalue weighted by Crippen LogP contribution is -2.60. The van der Waals surface area contributed by atoms with Crippen LogP contribution in [0, 0.1) is 5.92 Å². The van der Waals surface area contributed by atoms with Crippen LogP contribution in [0.15, 0.2) is 0 Å². The molecule has 0 bridgehead atoms. The van der Waals surface area contributed by atoms with Crippen LogP contribution < -0.4 is 0 Å². The van der Waals surface area contributed by atoms with Gasteiger partial charge in [0.2, 0.25) is 0 Å². The monoisotopic (exact) mass is 316 g/mol. The van der Waals surface area contributed by atoms with E-state index >= 15 is 0 Å². The zero-order valence-corrected chi connectivity index (χ0v) is 11.9. The third kappa shape index (κ3) is 4.90. The molecular weight excluding hydrogens is 296 g/mol. The smallest absolute Gasteiger partial charge is 0.394 e. The van der Waals surface area contributed by atoms with Crippen LogP contribution in [0.4, 0.5) is 0 Å². The Morgan fingerprint density at radius 1 is 1.25 bits per heavy atom. The van der Waals surface area contributed by atoms with Gasteiger partial charge >= 0.3 is 10.4 Å². The molecule has 0 amide bonds. The highest BCUT2D eigenvalue weighted by Gasteiger charge is 2.47. The molecule has 0 unspecified atom stereocenters. The van der Waals surface area contributed by atoms with Gasteiger partial charge in [0.25, 0.3) is 0 Å². The first kappa shape index (κ1) is 17.7. The molecule has 1 heterocycles. The summed E-state index contributed by atoms with van der Waals surface area (Å²) >= 11 is 0. The van der Waals surface area contributed by atoms with Gasteiger partial charge < -0.3 is 24.8 Å². The first-order valence-corrected chi connectivity index (χ1v) is 7.42. The van der Waals surface area contributed by atoms with E-state index in [1.165, 1.54) is 0 Å². The van der Waals surface area contributed by atoms with Gasteiger partial charge in [0.05, 0.1) is 13.2 Å². The van der Waals surface area contributed by atoms with Crippen molar-refractivity contribution in [1.29, 1.82) is 0 Å². The van der Waals surface area contributed by atoms with Gasteiger partial charge in [-0.15, -0.1) is 0 Å². The van der Waals surface area contributed by atoms with Crippen molar-refractivity contribution in [1.82, 2.24) is 0 Å². The second-order valence-electron chi connectivity index (χ2n) is 4.92. The van der Waals surface area contributed by atoms with Gasteiger partial charge in [-0.1, -0.05) is 13.8 Å². The molecule has 1 fully saturated rings. The second kappa shape index (κ2) is 7.09. The van der Waals surface area contributed by atoms with E-state index in [4.69, 9.17) is 19.1 Å². The molecule has 1 rings (SSSR count). The lowest BCUT2D eigenvalue weighted by Gasteiger charge is -2.40. The maximum absolute atomic E-state index is 10.7. The Hall–Kier alpha value is -0.330. The van der Waals surface area contributed by atoms with Crippen molar-refractivity contribution in [3.8, 4) is 0 Å². The van der Waals surface area contributed by atoms with Crippen LogP contribution >= 0.6 is 0 Å². The fraction of sp³-hybridized carbons (Fsp3) is 1.00. The van der Waals surface area contributed by atoms with Crippen LogP contribution in [0.5, 0.6) is 0 Å². The topological polar surface area (TPSA) is 143 Å². The van der Waals surface area contributed by atoms with Gasteiger partial charge in [0.1, 0.15) is 24.4 Å². The van der Waals surface area contributed by atoms with E-state index < -0.39 is 47.7 Å². The summed E-state index contributed by atoms with van der Waals surface area (Å²) in [5.74, 6) is 0.117. The Bertz CT molecular complexity index is 396. The predicted octanol–water partition coefficient (Wildman–Crippen LogP) is -1.71. The number of hydrogen-bond acceptors (Lipinski definition) is 8. The van der Waals surface area contributed by atoms with Crippen molar-refractivity contribution in [3.63, 3.8) is 0 Å². The molecule has 1 aliphatic rings. The van der Waals surface area contributed by atoms with E-state index in [1.807, 2.05) is 13.8 Å². The molecule has 0 aromatic heterocycles. The molecule has 0 saturated carbocycles. The Morgan fingerprint density at radius 2 is 1.85 bits per heavy atom. The molecule has 120 valence electrons. The van der Waals surface area contributed by atoms with Crippen molar-refractivity contribution in [2.45, 2.75) is 44.6 Å². The van der Waals surface area contributed by atoms with Crippen LogP contribution in [0.25, 0.3) is 0 Å². The Morgan fingerprint density at radius 3 is 2.30 bits per heavy atom. The Balaban J connectivity index is 2.84. The average molecular weight is 316 g/mol. The van der Waals surface area contributed by atoms with Crippen LogP contribution in [0.3, 0.4) is 0 Å². The minimum absolute atomic E-state index is 0.117. The molecule has 4 N–H and O–H groups in total. The molecule has 1 saturated heterocycles. The molecule has 0 spiro atoms. The number of rotatable bonds is 6. The van der Waals surface area contributed by atoms with Crippen LogP contribution in [-0.2, 0) is 24.1 Å². The van der Waals surface area contributed by atoms with Crippen molar-refractivity contribution in [3.05, 3.63) is 0 Å². The van der Waals surface area contributed by atoms with Crippen molar-refractivity contribution >= 4 is 10.4 Å². The molecular formula is C10H20O9S. The van der Waals surface area contributed by atoms with Crippen LogP contribution in [0.2, 0.25) is 0 Å². The molecule has 0 aromatic rings. The summed E-state index contributed by atoms with van der Waals surface area (Å²) in [7, 11) is -4.89. The van der Waals surface area contributed by atoms with E-state index in [2.05, 4.69) is 4.18 Å². The zero-order valence-electron chi connectivity index (χ0n) is 11.1. The minimum Gasteiger partial charge on any atom is -0.394 e. The van der Waals surface area contributed by atoms with Gasteiger partial charge in [0, 0.05) is 0 Å². The molecule has 0 aromatic carbocycles. The summed E-state index contributed by atoms with van der Waals surface area (Å²) in [6, 6.07) is 0. The number of hydrogen-bond donors (Lipinski definition) is 4. The van der Waals surface area contributed by atoms with Crippen LogP contribution in [-0.4, -0.2) is 72.2 Å². The Labute approximate surface area is 117 Å². The summed E-state index contributed by atoms with van der Waals surface area (Å²) in [6.45, 7) is 3.26. The number of aliphatic hydroxyl groups excluding tert-OH is 3. The van der Waals surface area contributed by atoms with Gasteiger partial charge in [-0.25, -0.2) is 4.18 Å². The Kier molecular flexibility index (Phi) is 6.28. The van der Waals surface area contributed by atoms with E-state index in [-0.39, 0.29) is 12.5 Å². The maximum atomic E-state index is 10.7. The average Bonchev–Trinajstić information content (AvgIpc) is 2.32. The van der Waals surface area contributed by atoms with Gasteiger partial charge in [-0.05, 0) is 5.92 Å². The van der Waals surface area contributed by atoms with Gasteiger partial charge in [-0.3, -0.25) is 4.55 Å². The molecule has 9 nitrogen and oxygen atoms in total. The van der Waals surface area contributed by atoms with Crippen LogP contribution in [0.1, 0.15) is 13.8 Å². The molecule has 5 atom stereocenters. The number of aliphatic hydroxyl groups is 3. The normalized spacial score (nSPS) is 35.5. The van der Waals surface area contributed by atoms with Crippen molar-refractivity contribution < 1.29 is 41.9 Å². The molecule has 0 radical (unpaired) electrons. The summed E-state index contributed by atoms with van der Waals surface area (Å²) in [6.07, 6.45) is -7.48. The summed E-state index contributed by atoms with van der Waals surface area (Å²) < 4.78 is 44.7. The van der Waals surface area contributed by atoms with Gasteiger partial charge in [0.15, 0.2) is 6.29 Å². The highest BCUT2D eigenvalue weighted by Crippen LogP contribution is 2.25. The molecule has 10 heteroatoms. The first-order valence-electron chi connectivity index (χ1n) is 6.05. The van der Waals surface area contributed by atoms with Gasteiger partial charge in [-0.2, -0.15) is 8.42 Å². The quantitative estimate of drug-likeness (QED) is 0.421. The highest BCUT2D eigenvalue weighted by atomic mass is 32.3. The molecule has 0 aliphatic carbocycles. The second-order valence-corrected chi connectivity index (χ2v) is 5.97. The molecule has 20 heavy (non-hydrogen) atoms. The first-order chi connectivity index (χ1) is 9.15.